The van der Waals surface area contributed by atoms with Crippen LogP contribution in [0.15, 0.2) is 35.4 Å². The number of hydrogen-bond acceptors (Lipinski definition) is 4. The van der Waals surface area contributed by atoms with Gasteiger partial charge in [0.1, 0.15) is 0 Å². The van der Waals surface area contributed by atoms with Crippen molar-refractivity contribution in [3.8, 4) is 0 Å². The molecular weight excluding hydrogens is 232 g/mol. The molecular formula is C13H16N2OS. The minimum Gasteiger partial charge on any atom is -0.397 e. The molecule has 0 radical (unpaired) electrons. The third kappa shape index (κ3) is 2.70. The Kier molecular flexibility index (Phi) is 3.86. The van der Waals surface area contributed by atoms with Crippen LogP contribution in [0.3, 0.4) is 0 Å². The van der Waals surface area contributed by atoms with E-state index < -0.39 is 0 Å². The van der Waals surface area contributed by atoms with E-state index in [9.17, 15) is 0 Å². The zero-order valence-electron chi connectivity index (χ0n) is 9.76. The van der Waals surface area contributed by atoms with Gasteiger partial charge in [0.05, 0.1) is 11.2 Å². The van der Waals surface area contributed by atoms with Crippen molar-refractivity contribution < 1.29 is 5.11 Å². The lowest BCUT2D eigenvalue weighted by Gasteiger charge is -2.10. The summed E-state index contributed by atoms with van der Waals surface area (Å²) < 4.78 is 0. The predicted octanol–water partition coefficient (Wildman–Crippen LogP) is 2.54. The summed E-state index contributed by atoms with van der Waals surface area (Å²) >= 11 is 1.68. The van der Waals surface area contributed by atoms with Crippen LogP contribution in [0.25, 0.3) is 10.9 Å². The fourth-order valence-electron chi connectivity index (χ4n) is 1.57. The van der Waals surface area contributed by atoms with Crippen molar-refractivity contribution >= 4 is 28.4 Å². The van der Waals surface area contributed by atoms with Crippen LogP contribution in [0.2, 0.25) is 0 Å². The SMILES string of the molecule is CC(CO)CSc1ccc2ncccc2c1N. The second-order valence-corrected chi connectivity index (χ2v) is 5.21. The Morgan fingerprint density at radius 3 is 3.00 bits per heavy atom. The average molecular weight is 248 g/mol. The summed E-state index contributed by atoms with van der Waals surface area (Å²) in [6, 6.07) is 7.86. The van der Waals surface area contributed by atoms with E-state index in [1.807, 2.05) is 31.2 Å². The topological polar surface area (TPSA) is 59.1 Å². The fraction of sp³-hybridized carbons (Fsp3) is 0.308. The van der Waals surface area contributed by atoms with Crippen molar-refractivity contribution in [2.75, 3.05) is 18.1 Å². The number of hydrogen-bond donors (Lipinski definition) is 2. The van der Waals surface area contributed by atoms with E-state index in [-0.39, 0.29) is 12.5 Å². The summed E-state index contributed by atoms with van der Waals surface area (Å²) in [5.74, 6) is 1.15. The summed E-state index contributed by atoms with van der Waals surface area (Å²) in [6.07, 6.45) is 1.77. The van der Waals surface area contributed by atoms with Gasteiger partial charge in [-0.3, -0.25) is 4.98 Å². The molecule has 0 spiro atoms. The number of aliphatic hydroxyl groups is 1. The van der Waals surface area contributed by atoms with Gasteiger partial charge in [-0.15, -0.1) is 11.8 Å². The summed E-state index contributed by atoms with van der Waals surface area (Å²) in [4.78, 5) is 5.33. The molecule has 1 heterocycles. The summed E-state index contributed by atoms with van der Waals surface area (Å²) in [6.45, 7) is 2.23. The van der Waals surface area contributed by atoms with Crippen LogP contribution >= 0.6 is 11.8 Å². The van der Waals surface area contributed by atoms with E-state index in [4.69, 9.17) is 10.8 Å². The largest absolute Gasteiger partial charge is 0.397 e. The fourth-order valence-corrected chi connectivity index (χ4v) is 2.57. The number of aliphatic hydroxyl groups excluding tert-OH is 1. The van der Waals surface area contributed by atoms with Crippen molar-refractivity contribution in [2.24, 2.45) is 5.92 Å². The van der Waals surface area contributed by atoms with Gasteiger partial charge in [-0.2, -0.15) is 0 Å². The Morgan fingerprint density at radius 2 is 2.24 bits per heavy atom. The molecule has 3 N–H and O–H groups in total. The third-order valence-electron chi connectivity index (χ3n) is 2.62. The van der Waals surface area contributed by atoms with E-state index in [1.54, 1.807) is 18.0 Å². The van der Waals surface area contributed by atoms with Gasteiger partial charge in [0, 0.05) is 28.8 Å². The van der Waals surface area contributed by atoms with E-state index in [1.165, 1.54) is 0 Å². The van der Waals surface area contributed by atoms with Crippen LogP contribution in [-0.4, -0.2) is 22.5 Å². The number of nitrogen functional groups attached to an aromatic ring is 1. The predicted molar refractivity (Wildman–Crippen MR) is 73.1 cm³/mol. The van der Waals surface area contributed by atoms with Crippen molar-refractivity contribution in [2.45, 2.75) is 11.8 Å². The number of nitrogens with zero attached hydrogens (tertiary/aromatic N) is 1. The Bertz CT molecular complexity index is 516. The molecule has 0 saturated carbocycles. The van der Waals surface area contributed by atoms with Crippen LogP contribution in [0.1, 0.15) is 6.92 Å². The molecule has 1 unspecified atom stereocenters. The quantitative estimate of drug-likeness (QED) is 0.645. The Hall–Kier alpha value is -1.26. The first-order chi connectivity index (χ1) is 8.22. The molecule has 1 atom stereocenters. The lowest BCUT2D eigenvalue weighted by Crippen LogP contribution is -2.03. The highest BCUT2D eigenvalue weighted by molar-refractivity contribution is 7.99. The van der Waals surface area contributed by atoms with Gasteiger partial charge in [-0.25, -0.2) is 0 Å². The van der Waals surface area contributed by atoms with E-state index in [0.717, 1.165) is 27.2 Å². The Morgan fingerprint density at radius 1 is 1.41 bits per heavy atom. The maximum absolute atomic E-state index is 9.00. The molecule has 0 fully saturated rings. The number of anilines is 1. The maximum Gasteiger partial charge on any atom is 0.0723 e. The van der Waals surface area contributed by atoms with Crippen molar-refractivity contribution in [1.29, 1.82) is 0 Å². The molecule has 0 aliphatic heterocycles. The lowest BCUT2D eigenvalue weighted by molar-refractivity contribution is 0.250. The molecule has 0 saturated heterocycles. The van der Waals surface area contributed by atoms with Crippen LogP contribution in [-0.2, 0) is 0 Å². The van der Waals surface area contributed by atoms with E-state index in [0.29, 0.717) is 0 Å². The highest BCUT2D eigenvalue weighted by atomic mass is 32.2. The van der Waals surface area contributed by atoms with Crippen molar-refractivity contribution in [1.82, 2.24) is 4.98 Å². The molecule has 2 aromatic rings. The monoisotopic (exact) mass is 248 g/mol. The standard InChI is InChI=1S/C13H16N2OS/c1-9(7-16)8-17-12-5-4-11-10(13(12)14)3-2-6-15-11/h2-6,9,16H,7-8,14H2,1H3. The summed E-state index contributed by atoms with van der Waals surface area (Å²) in [7, 11) is 0. The molecule has 3 nitrogen and oxygen atoms in total. The molecule has 1 aromatic heterocycles. The van der Waals surface area contributed by atoms with Crippen LogP contribution in [0, 0.1) is 5.92 Å². The summed E-state index contributed by atoms with van der Waals surface area (Å²) in [5.41, 5.74) is 7.83. The highest BCUT2D eigenvalue weighted by Gasteiger charge is 2.07. The van der Waals surface area contributed by atoms with Crippen molar-refractivity contribution in [3.05, 3.63) is 30.5 Å². The molecule has 1 aromatic carbocycles. The van der Waals surface area contributed by atoms with Crippen molar-refractivity contribution in [3.63, 3.8) is 0 Å². The van der Waals surface area contributed by atoms with Gasteiger partial charge in [0.15, 0.2) is 0 Å². The molecule has 0 aliphatic rings. The van der Waals surface area contributed by atoms with Crippen LogP contribution in [0.4, 0.5) is 5.69 Å². The van der Waals surface area contributed by atoms with Crippen LogP contribution in [0.5, 0.6) is 0 Å². The minimum absolute atomic E-state index is 0.210. The number of thioether (sulfide) groups is 1. The molecule has 17 heavy (non-hydrogen) atoms. The first kappa shape index (κ1) is 12.2. The minimum atomic E-state index is 0.210. The van der Waals surface area contributed by atoms with Gasteiger partial charge < -0.3 is 10.8 Å². The first-order valence-corrected chi connectivity index (χ1v) is 6.57. The number of rotatable bonds is 4. The molecule has 4 heteroatoms. The second-order valence-electron chi connectivity index (χ2n) is 4.15. The number of pyridine rings is 1. The van der Waals surface area contributed by atoms with E-state index in [2.05, 4.69) is 4.98 Å². The van der Waals surface area contributed by atoms with E-state index >= 15 is 0 Å². The summed E-state index contributed by atoms with van der Waals surface area (Å²) in [5, 5.41) is 9.99. The zero-order valence-corrected chi connectivity index (χ0v) is 10.6. The molecule has 0 aliphatic carbocycles. The maximum atomic E-state index is 9.00. The number of benzene rings is 1. The molecule has 0 amide bonds. The smallest absolute Gasteiger partial charge is 0.0723 e. The first-order valence-electron chi connectivity index (χ1n) is 5.59. The van der Waals surface area contributed by atoms with Gasteiger partial charge in [0.2, 0.25) is 0 Å². The Labute approximate surface area is 105 Å². The average Bonchev–Trinajstić information content (AvgIpc) is 2.38. The number of nitrogens with two attached hydrogens (primary N) is 1. The highest BCUT2D eigenvalue weighted by Crippen LogP contribution is 2.31. The van der Waals surface area contributed by atoms with Gasteiger partial charge in [-0.05, 0) is 30.2 Å². The zero-order chi connectivity index (χ0) is 12.3. The molecule has 90 valence electrons. The van der Waals surface area contributed by atoms with Crippen LogP contribution < -0.4 is 5.73 Å². The number of aromatic nitrogens is 1. The van der Waals surface area contributed by atoms with Gasteiger partial charge in [0.25, 0.3) is 0 Å². The second kappa shape index (κ2) is 5.38. The molecule has 2 rings (SSSR count). The van der Waals surface area contributed by atoms with Gasteiger partial charge in [-0.1, -0.05) is 6.92 Å². The number of fused-ring (bicyclic) bond motifs is 1. The normalized spacial score (nSPS) is 12.8. The lowest BCUT2D eigenvalue weighted by atomic mass is 10.2. The molecule has 0 bridgehead atoms. The third-order valence-corrected chi connectivity index (χ3v) is 4.02. The van der Waals surface area contributed by atoms with Gasteiger partial charge >= 0.3 is 0 Å². The Balaban J connectivity index is 2.26.